The van der Waals surface area contributed by atoms with Crippen molar-refractivity contribution in [3.63, 3.8) is 0 Å². The van der Waals surface area contributed by atoms with E-state index in [0.29, 0.717) is 29.2 Å². The van der Waals surface area contributed by atoms with Crippen molar-refractivity contribution in [2.24, 2.45) is 0 Å². The molecule has 31 heavy (non-hydrogen) atoms. The molecule has 0 bridgehead atoms. The normalized spacial score (nSPS) is 18.5. The van der Waals surface area contributed by atoms with E-state index in [1.807, 2.05) is 37.8 Å². The highest BCUT2D eigenvalue weighted by molar-refractivity contribution is 5.98. The third-order valence-corrected chi connectivity index (χ3v) is 5.70. The maximum Gasteiger partial charge on any atom is 0.256 e. The Labute approximate surface area is 181 Å². The number of aromatic nitrogens is 4. The zero-order valence-electron chi connectivity index (χ0n) is 17.8. The summed E-state index contributed by atoms with van der Waals surface area (Å²) in [6.45, 7) is 6.25. The molecule has 2 atom stereocenters. The van der Waals surface area contributed by atoms with Crippen LogP contribution in [0.4, 0.5) is 0 Å². The lowest BCUT2D eigenvalue weighted by molar-refractivity contribution is 0.0371. The van der Waals surface area contributed by atoms with E-state index in [2.05, 4.69) is 21.3 Å². The van der Waals surface area contributed by atoms with E-state index in [1.54, 1.807) is 30.7 Å². The van der Waals surface area contributed by atoms with E-state index in [1.165, 1.54) is 4.80 Å². The Bertz CT molecular complexity index is 1140. The maximum absolute atomic E-state index is 13.6. The van der Waals surface area contributed by atoms with Gasteiger partial charge in [-0.25, -0.2) is 4.98 Å². The zero-order valence-corrected chi connectivity index (χ0v) is 17.8. The molecule has 3 heterocycles. The van der Waals surface area contributed by atoms with Crippen LogP contribution < -0.4 is 4.74 Å². The Hall–Kier alpha value is -3.73. The van der Waals surface area contributed by atoms with Crippen LogP contribution in [0, 0.1) is 25.2 Å². The summed E-state index contributed by atoms with van der Waals surface area (Å²) in [5.74, 6) is 0.237. The standard InChI is InChI=1S/C23H24N6O2/c1-15-9-10-25-22(20(15)13-24)31-18-8-7-17(3)28(14-18)23(30)19-6-4-5-16(2)21(19)29-26-11-12-27-29/h4-6,9-12,17-18H,7-8,14H2,1-3H3. The molecule has 158 valence electrons. The molecule has 0 saturated carbocycles. The molecular weight excluding hydrogens is 392 g/mol. The number of aryl methyl sites for hydroxylation is 2. The van der Waals surface area contributed by atoms with Crippen LogP contribution in [0.15, 0.2) is 42.9 Å². The first-order valence-electron chi connectivity index (χ1n) is 10.3. The molecule has 0 spiro atoms. The van der Waals surface area contributed by atoms with Gasteiger partial charge in [-0.3, -0.25) is 4.79 Å². The first-order chi connectivity index (χ1) is 15.0. The number of hydrogen-bond acceptors (Lipinski definition) is 6. The monoisotopic (exact) mass is 416 g/mol. The minimum absolute atomic E-state index is 0.0622. The summed E-state index contributed by atoms with van der Waals surface area (Å²) >= 11 is 0. The molecule has 0 aliphatic carbocycles. The van der Waals surface area contributed by atoms with E-state index >= 15 is 0 Å². The fourth-order valence-electron chi connectivity index (χ4n) is 3.95. The first-order valence-corrected chi connectivity index (χ1v) is 10.3. The second-order valence-corrected chi connectivity index (χ2v) is 7.83. The number of para-hydroxylation sites is 1. The zero-order chi connectivity index (χ0) is 22.0. The average molecular weight is 416 g/mol. The third-order valence-electron chi connectivity index (χ3n) is 5.70. The second kappa shape index (κ2) is 8.56. The van der Waals surface area contributed by atoms with Gasteiger partial charge in [-0.15, -0.1) is 0 Å². The van der Waals surface area contributed by atoms with Crippen molar-refractivity contribution < 1.29 is 9.53 Å². The molecule has 8 nitrogen and oxygen atoms in total. The summed E-state index contributed by atoms with van der Waals surface area (Å²) in [6, 6.07) is 9.63. The number of benzene rings is 1. The van der Waals surface area contributed by atoms with Gasteiger partial charge in [-0.2, -0.15) is 20.3 Å². The highest BCUT2D eigenvalue weighted by atomic mass is 16.5. The van der Waals surface area contributed by atoms with Crippen molar-refractivity contribution in [3.8, 4) is 17.6 Å². The number of hydrogen-bond donors (Lipinski definition) is 0. The molecular formula is C23H24N6O2. The molecule has 3 aromatic rings. The fraction of sp³-hybridized carbons (Fsp3) is 0.348. The molecule has 2 unspecified atom stereocenters. The Morgan fingerprint density at radius 2 is 1.90 bits per heavy atom. The number of nitrogens with zero attached hydrogens (tertiary/aromatic N) is 6. The molecule has 1 aliphatic heterocycles. The van der Waals surface area contributed by atoms with Gasteiger partial charge in [-0.1, -0.05) is 12.1 Å². The van der Waals surface area contributed by atoms with Crippen molar-refractivity contribution in [3.05, 3.63) is 65.1 Å². The van der Waals surface area contributed by atoms with Crippen LogP contribution in [0.2, 0.25) is 0 Å². The quantitative estimate of drug-likeness (QED) is 0.648. The largest absolute Gasteiger partial charge is 0.472 e. The Morgan fingerprint density at radius 1 is 1.13 bits per heavy atom. The van der Waals surface area contributed by atoms with Gasteiger partial charge in [-0.05, 0) is 56.9 Å². The molecule has 1 aromatic carbocycles. The van der Waals surface area contributed by atoms with Gasteiger partial charge in [0.1, 0.15) is 23.4 Å². The number of piperidine rings is 1. The molecule has 0 radical (unpaired) electrons. The van der Waals surface area contributed by atoms with Crippen LogP contribution in [0.25, 0.3) is 5.69 Å². The number of likely N-dealkylation sites (tertiary alicyclic amines) is 1. The molecule has 1 saturated heterocycles. The van der Waals surface area contributed by atoms with Crippen molar-refractivity contribution >= 4 is 5.91 Å². The van der Waals surface area contributed by atoms with Crippen LogP contribution >= 0.6 is 0 Å². The number of carbonyl (C=O) groups excluding carboxylic acids is 1. The van der Waals surface area contributed by atoms with Crippen molar-refractivity contribution in [1.82, 2.24) is 24.9 Å². The molecule has 8 heteroatoms. The van der Waals surface area contributed by atoms with Crippen LogP contribution in [-0.4, -0.2) is 49.5 Å². The Morgan fingerprint density at radius 3 is 2.65 bits per heavy atom. The highest BCUT2D eigenvalue weighted by Gasteiger charge is 2.33. The summed E-state index contributed by atoms with van der Waals surface area (Å²) < 4.78 is 6.09. The molecule has 1 aliphatic rings. The second-order valence-electron chi connectivity index (χ2n) is 7.83. The van der Waals surface area contributed by atoms with Gasteiger partial charge < -0.3 is 9.64 Å². The predicted molar refractivity (Wildman–Crippen MR) is 114 cm³/mol. The van der Waals surface area contributed by atoms with Crippen LogP contribution in [0.1, 0.15) is 46.8 Å². The summed E-state index contributed by atoms with van der Waals surface area (Å²) in [6.07, 6.45) is 6.16. The van der Waals surface area contributed by atoms with Crippen molar-refractivity contribution in [2.75, 3.05) is 6.54 Å². The highest BCUT2D eigenvalue weighted by Crippen LogP contribution is 2.27. The molecule has 1 fully saturated rings. The SMILES string of the molecule is Cc1ccnc(OC2CCC(C)N(C(=O)c3cccc(C)c3-n3nccn3)C2)c1C#N. The van der Waals surface area contributed by atoms with Gasteiger partial charge in [0.25, 0.3) is 5.91 Å². The van der Waals surface area contributed by atoms with E-state index in [-0.39, 0.29) is 18.1 Å². The third kappa shape index (κ3) is 3.99. The van der Waals surface area contributed by atoms with Gasteiger partial charge in [0.05, 0.1) is 24.5 Å². The van der Waals surface area contributed by atoms with E-state index in [0.717, 1.165) is 24.0 Å². The summed E-state index contributed by atoms with van der Waals surface area (Å²) in [7, 11) is 0. The maximum atomic E-state index is 13.6. The first kappa shape index (κ1) is 20.5. The number of pyridine rings is 1. The van der Waals surface area contributed by atoms with Crippen molar-refractivity contribution in [1.29, 1.82) is 5.26 Å². The Kier molecular flexibility index (Phi) is 5.67. The molecule has 2 aromatic heterocycles. The van der Waals surface area contributed by atoms with Gasteiger partial charge in [0, 0.05) is 12.2 Å². The molecule has 1 amide bonds. The minimum Gasteiger partial charge on any atom is -0.472 e. The number of nitriles is 1. The van der Waals surface area contributed by atoms with Gasteiger partial charge in [0.15, 0.2) is 0 Å². The lowest BCUT2D eigenvalue weighted by Gasteiger charge is -2.38. The summed E-state index contributed by atoms with van der Waals surface area (Å²) in [4.78, 5) is 21.1. The topological polar surface area (TPSA) is 96.9 Å². The average Bonchev–Trinajstić information content (AvgIpc) is 3.29. The van der Waals surface area contributed by atoms with Crippen LogP contribution in [-0.2, 0) is 0 Å². The minimum atomic E-state index is -0.238. The van der Waals surface area contributed by atoms with Crippen LogP contribution in [0.3, 0.4) is 0 Å². The van der Waals surface area contributed by atoms with Crippen LogP contribution in [0.5, 0.6) is 5.88 Å². The fourth-order valence-corrected chi connectivity index (χ4v) is 3.95. The predicted octanol–water partition coefficient (Wildman–Crippen LogP) is 3.22. The molecule has 0 N–H and O–H groups in total. The number of ether oxygens (including phenoxy) is 1. The Balaban J connectivity index is 1.61. The van der Waals surface area contributed by atoms with E-state index in [4.69, 9.17) is 4.74 Å². The summed E-state index contributed by atoms with van der Waals surface area (Å²) in [5.41, 5.74) is 3.41. The smallest absolute Gasteiger partial charge is 0.256 e. The summed E-state index contributed by atoms with van der Waals surface area (Å²) in [5, 5.41) is 17.9. The van der Waals surface area contributed by atoms with Gasteiger partial charge >= 0.3 is 0 Å². The molecule has 4 rings (SSSR count). The van der Waals surface area contributed by atoms with Crippen molar-refractivity contribution in [2.45, 2.75) is 45.8 Å². The lowest BCUT2D eigenvalue weighted by Crippen LogP contribution is -2.49. The van der Waals surface area contributed by atoms with E-state index in [9.17, 15) is 10.1 Å². The number of amides is 1. The number of carbonyl (C=O) groups is 1. The van der Waals surface area contributed by atoms with Gasteiger partial charge in [0.2, 0.25) is 5.88 Å². The number of rotatable bonds is 4. The lowest BCUT2D eigenvalue weighted by atomic mass is 9.98. The van der Waals surface area contributed by atoms with E-state index < -0.39 is 0 Å².